The Morgan fingerprint density at radius 3 is 2.46 bits per heavy atom. The minimum Gasteiger partial charge on any atom is -0.383 e. The Morgan fingerprint density at radius 1 is 1.14 bits per heavy atom. The van der Waals surface area contributed by atoms with E-state index in [9.17, 15) is 4.79 Å². The molecule has 2 heterocycles. The number of rotatable bonds is 2. The molecule has 4 N–H and O–H groups in total. The van der Waals surface area contributed by atoms with Crippen LogP contribution in [0.2, 0.25) is 0 Å². The van der Waals surface area contributed by atoms with Gasteiger partial charge in [0.15, 0.2) is 0 Å². The number of nitrogens with zero attached hydrogens (tertiary/aromatic N) is 2. The maximum Gasteiger partial charge on any atom is 0.244 e. The molecule has 28 heavy (non-hydrogen) atoms. The van der Waals surface area contributed by atoms with E-state index in [0.29, 0.717) is 5.92 Å². The number of aromatic nitrogens is 2. The Labute approximate surface area is 170 Å². The second kappa shape index (κ2) is 9.52. The number of fused-ring (bicyclic) bond motifs is 1. The summed E-state index contributed by atoms with van der Waals surface area (Å²) in [6, 6.07) is 15.4. The zero-order chi connectivity index (χ0) is 19.9. The van der Waals surface area contributed by atoms with Crippen molar-refractivity contribution in [3.8, 4) is 0 Å². The van der Waals surface area contributed by atoms with Crippen LogP contribution in [0.25, 0.3) is 11.0 Å². The Kier molecular flexibility index (Phi) is 6.84. The fraction of sp³-hybridized carbons (Fsp3) is 0.286. The number of amidine groups is 1. The van der Waals surface area contributed by atoms with Crippen molar-refractivity contribution in [3.63, 3.8) is 0 Å². The van der Waals surface area contributed by atoms with E-state index in [0.717, 1.165) is 40.4 Å². The highest BCUT2D eigenvalue weighted by molar-refractivity contribution is 7.80. The molecule has 0 saturated carbocycles. The Bertz CT molecular complexity index is 925. The van der Waals surface area contributed by atoms with Gasteiger partial charge >= 0.3 is 0 Å². The molecule has 1 aromatic heterocycles. The average Bonchev–Trinajstić information content (AvgIpc) is 3.13. The van der Waals surface area contributed by atoms with Gasteiger partial charge in [-0.2, -0.15) is 4.99 Å². The van der Waals surface area contributed by atoms with Gasteiger partial charge in [0, 0.05) is 23.3 Å². The quantitative estimate of drug-likeness (QED) is 0.304. The molecule has 7 heteroatoms. The molecule has 146 valence electrons. The van der Waals surface area contributed by atoms with E-state index >= 15 is 0 Å². The lowest BCUT2D eigenvalue weighted by atomic mass is 9.98. The third-order valence-corrected chi connectivity index (χ3v) is 4.87. The number of para-hydroxylation sites is 2. The number of hydrogen-bond donors (Lipinski definition) is 4. The van der Waals surface area contributed by atoms with Crippen LogP contribution in [0.4, 0.5) is 0 Å². The molecule has 0 atom stereocenters. The van der Waals surface area contributed by atoms with Gasteiger partial charge in [-0.3, -0.25) is 4.79 Å². The van der Waals surface area contributed by atoms with Crippen LogP contribution in [0.1, 0.15) is 37.1 Å². The molecule has 0 spiro atoms. The van der Waals surface area contributed by atoms with Crippen molar-refractivity contribution in [2.75, 3.05) is 13.1 Å². The first kappa shape index (κ1) is 20.1. The molecule has 1 aliphatic heterocycles. The molecule has 1 amide bonds. The van der Waals surface area contributed by atoms with Gasteiger partial charge in [0.2, 0.25) is 5.91 Å². The van der Waals surface area contributed by atoms with Crippen molar-refractivity contribution < 1.29 is 4.79 Å². The summed E-state index contributed by atoms with van der Waals surface area (Å²) in [5.41, 5.74) is 8.53. The number of aromatic amines is 1. The SMILES string of the molecule is CC(=O)N=C(N)c1ccc(S)cc1.c1ccc2[nH]c(C3CCNCC3)nc2c1. The maximum absolute atomic E-state index is 10.6. The van der Waals surface area contributed by atoms with Gasteiger partial charge in [0.05, 0.1) is 11.0 Å². The van der Waals surface area contributed by atoms with Gasteiger partial charge in [0.25, 0.3) is 0 Å². The van der Waals surface area contributed by atoms with Crippen molar-refractivity contribution >= 4 is 35.4 Å². The van der Waals surface area contributed by atoms with Crippen molar-refractivity contribution in [1.29, 1.82) is 0 Å². The van der Waals surface area contributed by atoms with Gasteiger partial charge in [0.1, 0.15) is 11.7 Å². The lowest BCUT2D eigenvalue weighted by Gasteiger charge is -2.20. The van der Waals surface area contributed by atoms with Crippen LogP contribution in [-0.2, 0) is 4.79 Å². The molecule has 0 unspecified atom stereocenters. The van der Waals surface area contributed by atoms with Gasteiger partial charge in [-0.25, -0.2) is 4.98 Å². The van der Waals surface area contributed by atoms with Gasteiger partial charge in [-0.05, 0) is 50.2 Å². The van der Waals surface area contributed by atoms with Gasteiger partial charge < -0.3 is 16.0 Å². The number of thiol groups is 1. The fourth-order valence-electron chi connectivity index (χ4n) is 3.13. The number of imidazole rings is 1. The van der Waals surface area contributed by atoms with E-state index in [-0.39, 0.29) is 11.7 Å². The number of aliphatic imine (C=N–C) groups is 1. The van der Waals surface area contributed by atoms with Crippen molar-refractivity contribution in [1.82, 2.24) is 15.3 Å². The summed E-state index contributed by atoms with van der Waals surface area (Å²) in [6.45, 7) is 3.59. The third kappa shape index (κ3) is 5.43. The number of piperidine rings is 1. The van der Waals surface area contributed by atoms with Crippen molar-refractivity contribution in [3.05, 3.63) is 59.9 Å². The summed E-state index contributed by atoms with van der Waals surface area (Å²) in [5.74, 6) is 1.71. The van der Waals surface area contributed by atoms with Crippen LogP contribution in [0, 0.1) is 0 Å². The zero-order valence-electron chi connectivity index (χ0n) is 15.9. The van der Waals surface area contributed by atoms with E-state index in [1.165, 1.54) is 19.8 Å². The van der Waals surface area contributed by atoms with Crippen LogP contribution >= 0.6 is 12.6 Å². The van der Waals surface area contributed by atoms with Gasteiger partial charge in [-0.1, -0.05) is 24.3 Å². The Morgan fingerprint density at radius 2 is 1.82 bits per heavy atom. The third-order valence-electron chi connectivity index (χ3n) is 4.57. The van der Waals surface area contributed by atoms with E-state index in [1.54, 1.807) is 24.3 Å². The molecular formula is C21H25N5OS. The number of H-pyrrole nitrogens is 1. The highest BCUT2D eigenvalue weighted by Crippen LogP contribution is 2.24. The summed E-state index contributed by atoms with van der Waals surface area (Å²) in [5, 5.41) is 3.38. The molecule has 1 saturated heterocycles. The topological polar surface area (TPSA) is 96.2 Å². The lowest BCUT2D eigenvalue weighted by Crippen LogP contribution is -2.27. The van der Waals surface area contributed by atoms with Crippen LogP contribution in [0.15, 0.2) is 58.4 Å². The zero-order valence-corrected chi connectivity index (χ0v) is 16.7. The van der Waals surface area contributed by atoms with E-state index in [4.69, 9.17) is 5.73 Å². The smallest absolute Gasteiger partial charge is 0.244 e. The molecule has 6 nitrogen and oxygen atoms in total. The van der Waals surface area contributed by atoms with Crippen LogP contribution < -0.4 is 11.1 Å². The molecule has 1 fully saturated rings. The molecular weight excluding hydrogens is 370 g/mol. The highest BCUT2D eigenvalue weighted by Gasteiger charge is 2.18. The summed E-state index contributed by atoms with van der Waals surface area (Å²) in [4.78, 5) is 23.1. The minimum absolute atomic E-state index is 0.237. The van der Waals surface area contributed by atoms with E-state index < -0.39 is 0 Å². The number of amides is 1. The summed E-state index contributed by atoms with van der Waals surface area (Å²) >= 11 is 4.12. The van der Waals surface area contributed by atoms with E-state index in [1.807, 2.05) is 12.1 Å². The summed E-state index contributed by atoms with van der Waals surface area (Å²) < 4.78 is 0. The number of nitrogens with two attached hydrogens (primary N) is 1. The predicted molar refractivity (Wildman–Crippen MR) is 116 cm³/mol. The maximum atomic E-state index is 10.6. The monoisotopic (exact) mass is 395 g/mol. The summed E-state index contributed by atoms with van der Waals surface area (Å²) in [6.07, 6.45) is 2.39. The second-order valence-electron chi connectivity index (χ2n) is 6.73. The minimum atomic E-state index is -0.299. The lowest BCUT2D eigenvalue weighted by molar-refractivity contribution is -0.115. The van der Waals surface area contributed by atoms with Crippen LogP contribution in [-0.4, -0.2) is 34.8 Å². The fourth-order valence-corrected chi connectivity index (χ4v) is 3.28. The first-order valence-electron chi connectivity index (χ1n) is 9.32. The standard InChI is InChI=1S/C12H15N3.C9H10N2OS/c1-2-4-11-10(3-1)14-12(15-11)9-5-7-13-8-6-9;1-6(12)11-9(10)7-2-4-8(13)5-3-7/h1-4,9,13H,5-8H2,(H,14,15);2-5,13H,1H3,(H2,10,11,12). The Balaban J connectivity index is 0.000000163. The molecule has 0 radical (unpaired) electrons. The first-order chi connectivity index (χ1) is 13.5. The number of hydrogen-bond acceptors (Lipinski definition) is 4. The molecule has 0 bridgehead atoms. The van der Waals surface area contributed by atoms with E-state index in [2.05, 4.69) is 45.0 Å². The molecule has 1 aliphatic rings. The predicted octanol–water partition coefficient (Wildman–Crippen LogP) is 3.26. The second-order valence-corrected chi connectivity index (χ2v) is 7.24. The number of benzene rings is 2. The van der Waals surface area contributed by atoms with Gasteiger partial charge in [-0.15, -0.1) is 12.6 Å². The molecule has 4 rings (SSSR count). The van der Waals surface area contributed by atoms with Crippen molar-refractivity contribution in [2.45, 2.75) is 30.6 Å². The molecule has 0 aliphatic carbocycles. The Hall–Kier alpha value is -2.64. The van der Waals surface area contributed by atoms with Crippen LogP contribution in [0.5, 0.6) is 0 Å². The van der Waals surface area contributed by atoms with Crippen molar-refractivity contribution in [2.24, 2.45) is 10.7 Å². The number of carbonyl (C=O) groups excluding carboxylic acids is 1. The summed E-state index contributed by atoms with van der Waals surface area (Å²) in [7, 11) is 0. The first-order valence-corrected chi connectivity index (χ1v) is 9.77. The highest BCUT2D eigenvalue weighted by atomic mass is 32.1. The molecule has 3 aromatic rings. The normalized spacial score (nSPS) is 15.1. The molecule has 2 aromatic carbocycles. The van der Waals surface area contributed by atoms with Crippen LogP contribution in [0.3, 0.4) is 0 Å². The average molecular weight is 396 g/mol. The number of nitrogens with one attached hydrogen (secondary N) is 2. The largest absolute Gasteiger partial charge is 0.383 e. The number of carbonyl (C=O) groups is 1.